The maximum absolute atomic E-state index is 12.1. The lowest BCUT2D eigenvalue weighted by Crippen LogP contribution is -2.28. The summed E-state index contributed by atoms with van der Waals surface area (Å²) < 4.78 is 5.71. The smallest absolute Gasteiger partial charge is 0.294 e. The summed E-state index contributed by atoms with van der Waals surface area (Å²) in [6, 6.07) is 3.21. The summed E-state index contributed by atoms with van der Waals surface area (Å²) in [5.41, 5.74) is 0.368. The Hall–Kier alpha value is -1.91. The molecule has 7 heteroatoms. The normalized spacial score (nSPS) is 16.4. The second-order valence-electron chi connectivity index (χ2n) is 4.02. The molecular formula is C14H10BrNO4S. The van der Waals surface area contributed by atoms with Crippen LogP contribution in [0.25, 0.3) is 6.08 Å². The number of benzene rings is 1. The molecule has 0 spiro atoms. The molecule has 1 aliphatic rings. The van der Waals surface area contributed by atoms with Gasteiger partial charge in [0.05, 0.1) is 18.6 Å². The number of terminal acetylenes is 1. The number of imide groups is 1. The third-order valence-corrected chi connectivity index (χ3v) is 4.06. The monoisotopic (exact) mass is 367 g/mol. The summed E-state index contributed by atoms with van der Waals surface area (Å²) >= 11 is 4.07. The SMILES string of the molecule is C#CCN1C(=O)S/C(=C\c2cc(Br)cc(OC)c2O)C1=O. The van der Waals surface area contributed by atoms with Crippen LogP contribution in [0.15, 0.2) is 21.5 Å². The molecule has 2 amide bonds. The van der Waals surface area contributed by atoms with Crippen LogP contribution < -0.4 is 4.74 Å². The number of aromatic hydroxyl groups is 1. The summed E-state index contributed by atoms with van der Waals surface area (Å²) in [5.74, 6) is 1.94. The van der Waals surface area contributed by atoms with Crippen molar-refractivity contribution in [3.05, 3.63) is 27.1 Å². The molecule has 1 aromatic rings. The van der Waals surface area contributed by atoms with E-state index in [-0.39, 0.29) is 22.9 Å². The maximum atomic E-state index is 12.1. The van der Waals surface area contributed by atoms with Crippen LogP contribution in [-0.2, 0) is 4.79 Å². The predicted molar refractivity (Wildman–Crippen MR) is 83.9 cm³/mol. The molecule has 1 aliphatic heterocycles. The molecule has 1 heterocycles. The minimum Gasteiger partial charge on any atom is -0.504 e. The molecule has 1 saturated heterocycles. The minimum atomic E-state index is -0.471. The third kappa shape index (κ3) is 3.06. The molecule has 0 aliphatic carbocycles. The predicted octanol–water partition coefficient (Wildman–Crippen LogP) is 2.83. The van der Waals surface area contributed by atoms with Crippen molar-refractivity contribution in [2.45, 2.75) is 0 Å². The van der Waals surface area contributed by atoms with Crippen molar-refractivity contribution in [1.82, 2.24) is 4.90 Å². The molecule has 0 saturated carbocycles. The van der Waals surface area contributed by atoms with Crippen molar-refractivity contribution >= 4 is 44.9 Å². The van der Waals surface area contributed by atoms with Gasteiger partial charge in [0, 0.05) is 10.0 Å². The number of rotatable bonds is 3. The first-order chi connectivity index (χ1) is 9.97. The Morgan fingerprint density at radius 1 is 1.52 bits per heavy atom. The van der Waals surface area contributed by atoms with Crippen molar-refractivity contribution in [1.29, 1.82) is 0 Å². The van der Waals surface area contributed by atoms with Gasteiger partial charge in [0.15, 0.2) is 11.5 Å². The number of phenols is 1. The molecule has 0 radical (unpaired) electrons. The molecule has 1 aromatic carbocycles. The number of thioether (sulfide) groups is 1. The van der Waals surface area contributed by atoms with E-state index in [0.29, 0.717) is 10.0 Å². The Morgan fingerprint density at radius 3 is 2.86 bits per heavy atom. The van der Waals surface area contributed by atoms with Gasteiger partial charge >= 0.3 is 0 Å². The van der Waals surface area contributed by atoms with Crippen molar-refractivity contribution in [3.63, 3.8) is 0 Å². The van der Waals surface area contributed by atoms with Crippen LogP contribution in [0.3, 0.4) is 0 Å². The lowest BCUT2D eigenvalue weighted by Gasteiger charge is -2.08. The van der Waals surface area contributed by atoms with Gasteiger partial charge in [-0.2, -0.15) is 0 Å². The van der Waals surface area contributed by atoms with Gasteiger partial charge in [0.2, 0.25) is 0 Å². The van der Waals surface area contributed by atoms with Crippen molar-refractivity contribution in [3.8, 4) is 23.8 Å². The zero-order valence-electron chi connectivity index (χ0n) is 10.9. The molecule has 0 unspecified atom stereocenters. The van der Waals surface area contributed by atoms with Crippen LogP contribution in [0.5, 0.6) is 11.5 Å². The molecular weight excluding hydrogens is 358 g/mol. The van der Waals surface area contributed by atoms with Crippen molar-refractivity contribution in [2.75, 3.05) is 13.7 Å². The van der Waals surface area contributed by atoms with E-state index in [2.05, 4.69) is 21.9 Å². The van der Waals surface area contributed by atoms with E-state index in [1.54, 1.807) is 12.1 Å². The largest absolute Gasteiger partial charge is 0.504 e. The number of carbonyl (C=O) groups is 2. The number of halogens is 1. The topological polar surface area (TPSA) is 66.8 Å². The van der Waals surface area contributed by atoms with E-state index < -0.39 is 11.1 Å². The average molecular weight is 368 g/mol. The number of phenolic OH excluding ortho intramolecular Hbond substituents is 1. The van der Waals surface area contributed by atoms with Crippen LogP contribution in [0.1, 0.15) is 5.56 Å². The van der Waals surface area contributed by atoms with Gasteiger partial charge in [-0.1, -0.05) is 21.9 Å². The minimum absolute atomic E-state index is 0.0736. The fourth-order valence-corrected chi connectivity index (χ4v) is 3.01. The molecule has 1 fully saturated rings. The van der Waals surface area contributed by atoms with E-state index in [0.717, 1.165) is 16.7 Å². The molecule has 5 nitrogen and oxygen atoms in total. The Morgan fingerprint density at radius 2 is 2.24 bits per heavy atom. The van der Waals surface area contributed by atoms with E-state index in [1.165, 1.54) is 13.2 Å². The van der Waals surface area contributed by atoms with Crippen molar-refractivity contribution < 1.29 is 19.4 Å². The van der Waals surface area contributed by atoms with Crippen molar-refractivity contribution in [2.24, 2.45) is 0 Å². The Labute approximate surface area is 134 Å². The Balaban J connectivity index is 2.42. The summed E-state index contributed by atoms with van der Waals surface area (Å²) in [6.07, 6.45) is 6.56. The number of hydrogen-bond donors (Lipinski definition) is 1. The molecule has 0 bridgehead atoms. The highest BCUT2D eigenvalue weighted by Gasteiger charge is 2.34. The van der Waals surface area contributed by atoms with E-state index >= 15 is 0 Å². The highest BCUT2D eigenvalue weighted by Crippen LogP contribution is 2.38. The summed E-state index contributed by atoms with van der Waals surface area (Å²) in [7, 11) is 1.42. The lowest BCUT2D eigenvalue weighted by molar-refractivity contribution is -0.122. The zero-order chi connectivity index (χ0) is 15.6. The van der Waals surface area contributed by atoms with Crippen LogP contribution in [0, 0.1) is 12.3 Å². The number of ether oxygens (including phenoxy) is 1. The molecule has 2 rings (SSSR count). The number of methoxy groups -OCH3 is 1. The first-order valence-corrected chi connectivity index (χ1v) is 7.34. The first kappa shape index (κ1) is 15.5. The van der Waals surface area contributed by atoms with Gasteiger partial charge in [-0.3, -0.25) is 14.5 Å². The quantitative estimate of drug-likeness (QED) is 0.657. The standard InChI is InChI=1S/C14H10BrNO4S/c1-3-4-16-13(18)11(21-14(16)19)6-8-5-9(15)7-10(20-2)12(8)17/h1,5-7,17H,4H2,2H3/b11-6-. The van der Waals surface area contributed by atoms with Gasteiger partial charge in [0.25, 0.3) is 11.1 Å². The summed E-state index contributed by atoms with van der Waals surface area (Å²) in [5, 5.41) is 9.63. The maximum Gasteiger partial charge on any atom is 0.294 e. The lowest BCUT2D eigenvalue weighted by atomic mass is 10.1. The van der Waals surface area contributed by atoms with Gasteiger partial charge in [-0.25, -0.2) is 0 Å². The molecule has 21 heavy (non-hydrogen) atoms. The number of carbonyl (C=O) groups excluding carboxylic acids is 2. The number of nitrogens with zero attached hydrogens (tertiary/aromatic N) is 1. The second-order valence-corrected chi connectivity index (χ2v) is 5.93. The Bertz CT molecular complexity index is 693. The summed E-state index contributed by atoms with van der Waals surface area (Å²) in [4.78, 5) is 24.9. The number of hydrogen-bond acceptors (Lipinski definition) is 5. The first-order valence-electron chi connectivity index (χ1n) is 5.73. The average Bonchev–Trinajstić information content (AvgIpc) is 2.70. The fraction of sp³-hybridized carbons (Fsp3) is 0.143. The van der Waals surface area contributed by atoms with E-state index in [4.69, 9.17) is 11.2 Å². The zero-order valence-corrected chi connectivity index (χ0v) is 13.3. The summed E-state index contributed by atoms with van der Waals surface area (Å²) in [6.45, 7) is -0.0736. The highest BCUT2D eigenvalue weighted by atomic mass is 79.9. The highest BCUT2D eigenvalue weighted by molar-refractivity contribution is 9.10. The fourth-order valence-electron chi connectivity index (χ4n) is 1.73. The van der Waals surface area contributed by atoms with E-state index in [9.17, 15) is 14.7 Å². The second kappa shape index (κ2) is 6.24. The van der Waals surface area contributed by atoms with E-state index in [1.807, 2.05) is 0 Å². The third-order valence-electron chi connectivity index (χ3n) is 2.70. The van der Waals surface area contributed by atoms with Gasteiger partial charge < -0.3 is 9.84 Å². The molecule has 108 valence electrons. The van der Waals surface area contributed by atoms with Gasteiger partial charge in [-0.05, 0) is 30.0 Å². The molecule has 0 aromatic heterocycles. The Kier molecular flexibility index (Phi) is 4.60. The van der Waals surface area contributed by atoms with Crippen LogP contribution >= 0.6 is 27.7 Å². The number of amides is 2. The van der Waals surface area contributed by atoms with Crippen LogP contribution in [0.4, 0.5) is 4.79 Å². The molecule has 0 atom stereocenters. The molecule has 1 N–H and O–H groups in total. The van der Waals surface area contributed by atoms with Gasteiger partial charge in [0.1, 0.15) is 0 Å². The van der Waals surface area contributed by atoms with Gasteiger partial charge in [-0.15, -0.1) is 6.42 Å². The van der Waals surface area contributed by atoms with Crippen LogP contribution in [-0.4, -0.2) is 34.8 Å². The van der Waals surface area contributed by atoms with Crippen LogP contribution in [0.2, 0.25) is 0 Å².